The van der Waals surface area contributed by atoms with Crippen LogP contribution in [0.25, 0.3) is 0 Å². The van der Waals surface area contributed by atoms with E-state index in [-0.39, 0.29) is 5.54 Å². The van der Waals surface area contributed by atoms with Crippen LogP contribution < -0.4 is 5.73 Å². The summed E-state index contributed by atoms with van der Waals surface area (Å²) in [6.07, 6.45) is 3.74. The van der Waals surface area contributed by atoms with Crippen molar-refractivity contribution in [2.24, 2.45) is 0 Å². The summed E-state index contributed by atoms with van der Waals surface area (Å²) in [6.45, 7) is 10.1. The zero-order valence-electron chi connectivity index (χ0n) is 11.1. The van der Waals surface area contributed by atoms with Crippen molar-refractivity contribution in [3.8, 4) is 0 Å². The van der Waals surface area contributed by atoms with Crippen molar-refractivity contribution in [3.05, 3.63) is 12.5 Å². The van der Waals surface area contributed by atoms with Gasteiger partial charge in [-0.25, -0.2) is 4.98 Å². The Labute approximate surface area is 103 Å². The Morgan fingerprint density at radius 3 is 2.47 bits per heavy atom. The largest absolute Gasteiger partial charge is 0.382 e. The first kappa shape index (κ1) is 12.4. The molecule has 0 aliphatic carbocycles. The van der Waals surface area contributed by atoms with Gasteiger partial charge in [0.1, 0.15) is 5.82 Å². The standard InChI is InChI=1S/C12H23N5/c1-12(2,17-8-11(13)14-10-17)9-16-6-4-15(3)5-7-16/h8,10H,4-7,9,13H2,1-3H3. The van der Waals surface area contributed by atoms with Crippen LogP contribution in [0.5, 0.6) is 0 Å². The van der Waals surface area contributed by atoms with Crippen LogP contribution in [0.2, 0.25) is 0 Å². The maximum Gasteiger partial charge on any atom is 0.141 e. The van der Waals surface area contributed by atoms with Gasteiger partial charge in [0.15, 0.2) is 0 Å². The highest BCUT2D eigenvalue weighted by atomic mass is 15.3. The Balaban J connectivity index is 1.97. The molecule has 17 heavy (non-hydrogen) atoms. The van der Waals surface area contributed by atoms with E-state index >= 15 is 0 Å². The summed E-state index contributed by atoms with van der Waals surface area (Å²) < 4.78 is 2.11. The van der Waals surface area contributed by atoms with E-state index in [2.05, 4.69) is 40.2 Å². The van der Waals surface area contributed by atoms with Gasteiger partial charge < -0.3 is 15.2 Å². The van der Waals surface area contributed by atoms with Crippen molar-refractivity contribution in [3.63, 3.8) is 0 Å². The smallest absolute Gasteiger partial charge is 0.141 e. The lowest BCUT2D eigenvalue weighted by atomic mass is 10.0. The van der Waals surface area contributed by atoms with Crippen LogP contribution in [0.4, 0.5) is 5.82 Å². The summed E-state index contributed by atoms with van der Waals surface area (Å²) in [5, 5.41) is 0. The van der Waals surface area contributed by atoms with Gasteiger partial charge in [-0.3, -0.25) is 4.90 Å². The fraction of sp³-hybridized carbons (Fsp3) is 0.750. The SMILES string of the molecule is CN1CCN(CC(C)(C)n2cnc(N)c2)CC1. The molecule has 96 valence electrons. The molecule has 0 amide bonds. The van der Waals surface area contributed by atoms with Crippen LogP contribution in [-0.4, -0.2) is 59.1 Å². The molecule has 0 radical (unpaired) electrons. The predicted molar refractivity (Wildman–Crippen MR) is 69.9 cm³/mol. The molecule has 0 aromatic carbocycles. The maximum absolute atomic E-state index is 5.67. The molecule has 2 heterocycles. The summed E-state index contributed by atoms with van der Waals surface area (Å²) in [7, 11) is 2.18. The Kier molecular flexibility index (Phi) is 3.40. The van der Waals surface area contributed by atoms with Gasteiger partial charge >= 0.3 is 0 Å². The van der Waals surface area contributed by atoms with E-state index < -0.39 is 0 Å². The average molecular weight is 237 g/mol. The van der Waals surface area contributed by atoms with E-state index in [1.54, 1.807) is 0 Å². The Morgan fingerprint density at radius 1 is 1.29 bits per heavy atom. The molecule has 0 bridgehead atoms. The zero-order chi connectivity index (χ0) is 12.5. The van der Waals surface area contributed by atoms with Crippen molar-refractivity contribution in [1.82, 2.24) is 19.4 Å². The van der Waals surface area contributed by atoms with Crippen molar-refractivity contribution >= 4 is 5.82 Å². The van der Waals surface area contributed by atoms with E-state index in [0.717, 1.165) is 32.7 Å². The zero-order valence-corrected chi connectivity index (χ0v) is 11.1. The van der Waals surface area contributed by atoms with Gasteiger partial charge in [-0.05, 0) is 20.9 Å². The molecule has 0 unspecified atom stereocenters. The summed E-state index contributed by atoms with van der Waals surface area (Å²) >= 11 is 0. The molecule has 0 saturated carbocycles. The molecule has 5 heteroatoms. The lowest BCUT2D eigenvalue weighted by Gasteiger charge is -2.38. The quantitative estimate of drug-likeness (QED) is 0.829. The average Bonchev–Trinajstić information content (AvgIpc) is 2.69. The number of rotatable bonds is 3. The summed E-state index contributed by atoms with van der Waals surface area (Å²) in [5.41, 5.74) is 5.72. The fourth-order valence-electron chi connectivity index (χ4n) is 2.30. The number of hydrogen-bond donors (Lipinski definition) is 1. The molecule has 2 rings (SSSR count). The second-order valence-corrected chi connectivity index (χ2v) is 5.60. The monoisotopic (exact) mass is 237 g/mol. The molecule has 1 aromatic heterocycles. The van der Waals surface area contributed by atoms with Crippen LogP contribution in [-0.2, 0) is 5.54 Å². The molecule has 0 spiro atoms. The number of imidazole rings is 1. The molecule has 1 aliphatic heterocycles. The Hall–Kier alpha value is -1.07. The highest BCUT2D eigenvalue weighted by Crippen LogP contribution is 2.18. The summed E-state index contributed by atoms with van der Waals surface area (Å²) in [4.78, 5) is 8.99. The lowest BCUT2D eigenvalue weighted by molar-refractivity contribution is 0.113. The number of aromatic nitrogens is 2. The minimum Gasteiger partial charge on any atom is -0.382 e. The van der Waals surface area contributed by atoms with E-state index in [9.17, 15) is 0 Å². The van der Waals surface area contributed by atoms with Gasteiger partial charge in [-0.15, -0.1) is 0 Å². The third kappa shape index (κ3) is 2.98. The number of hydrogen-bond acceptors (Lipinski definition) is 4. The first-order chi connectivity index (χ1) is 7.97. The number of anilines is 1. The number of likely N-dealkylation sites (N-methyl/N-ethyl adjacent to an activating group) is 1. The highest BCUT2D eigenvalue weighted by molar-refractivity contribution is 5.23. The van der Waals surface area contributed by atoms with Crippen LogP contribution >= 0.6 is 0 Å². The van der Waals surface area contributed by atoms with E-state index in [0.29, 0.717) is 5.82 Å². The molecule has 5 nitrogen and oxygen atoms in total. The summed E-state index contributed by atoms with van der Waals surface area (Å²) in [6, 6.07) is 0. The van der Waals surface area contributed by atoms with Crippen LogP contribution in [0.1, 0.15) is 13.8 Å². The molecule has 1 aliphatic rings. The van der Waals surface area contributed by atoms with Crippen molar-refractivity contribution in [2.75, 3.05) is 45.5 Å². The van der Waals surface area contributed by atoms with Gasteiger partial charge in [-0.1, -0.05) is 0 Å². The van der Waals surface area contributed by atoms with E-state index in [4.69, 9.17) is 5.73 Å². The van der Waals surface area contributed by atoms with Gasteiger partial charge in [-0.2, -0.15) is 0 Å². The highest BCUT2D eigenvalue weighted by Gasteiger charge is 2.25. The van der Waals surface area contributed by atoms with Crippen LogP contribution in [0.15, 0.2) is 12.5 Å². The first-order valence-electron chi connectivity index (χ1n) is 6.18. The third-order valence-electron chi connectivity index (χ3n) is 3.51. The van der Waals surface area contributed by atoms with Crippen LogP contribution in [0, 0.1) is 0 Å². The van der Waals surface area contributed by atoms with Crippen molar-refractivity contribution in [2.45, 2.75) is 19.4 Å². The number of nitrogens with two attached hydrogens (primary N) is 1. The number of nitrogens with zero attached hydrogens (tertiary/aromatic N) is 4. The van der Waals surface area contributed by atoms with E-state index in [1.165, 1.54) is 0 Å². The van der Waals surface area contributed by atoms with Crippen LogP contribution in [0.3, 0.4) is 0 Å². The Morgan fingerprint density at radius 2 is 1.94 bits per heavy atom. The van der Waals surface area contributed by atoms with Gasteiger partial charge in [0.05, 0.1) is 11.9 Å². The molecule has 2 N–H and O–H groups in total. The fourth-order valence-corrected chi connectivity index (χ4v) is 2.30. The Bertz CT molecular complexity index is 363. The van der Waals surface area contributed by atoms with Gasteiger partial charge in [0.2, 0.25) is 0 Å². The first-order valence-corrected chi connectivity index (χ1v) is 6.18. The number of nitrogen functional groups attached to an aromatic ring is 1. The second-order valence-electron chi connectivity index (χ2n) is 5.60. The van der Waals surface area contributed by atoms with Crippen molar-refractivity contribution < 1.29 is 0 Å². The molecular formula is C12H23N5. The molecule has 1 fully saturated rings. The third-order valence-corrected chi connectivity index (χ3v) is 3.51. The topological polar surface area (TPSA) is 50.3 Å². The normalized spacial score (nSPS) is 19.7. The van der Waals surface area contributed by atoms with E-state index in [1.807, 2.05) is 12.5 Å². The molecule has 1 aromatic rings. The summed E-state index contributed by atoms with van der Waals surface area (Å²) in [5.74, 6) is 0.594. The second kappa shape index (κ2) is 4.66. The number of piperazine rings is 1. The maximum atomic E-state index is 5.67. The molecular weight excluding hydrogens is 214 g/mol. The molecule has 0 atom stereocenters. The molecule has 1 saturated heterocycles. The minimum absolute atomic E-state index is 0.0422. The van der Waals surface area contributed by atoms with Crippen molar-refractivity contribution in [1.29, 1.82) is 0 Å². The lowest BCUT2D eigenvalue weighted by Crippen LogP contribution is -2.49. The van der Waals surface area contributed by atoms with Gasteiger partial charge in [0.25, 0.3) is 0 Å². The minimum atomic E-state index is 0.0422. The predicted octanol–water partition coefficient (Wildman–Crippen LogP) is 0.448. The van der Waals surface area contributed by atoms with Gasteiger partial charge in [0, 0.05) is 38.9 Å².